The van der Waals surface area contributed by atoms with Gasteiger partial charge in [-0.2, -0.15) is 11.8 Å². The van der Waals surface area contributed by atoms with Crippen LogP contribution in [0.3, 0.4) is 0 Å². The normalized spacial score (nSPS) is 12.8. The van der Waals surface area contributed by atoms with Gasteiger partial charge in [-0.15, -0.1) is 0 Å². The second-order valence-corrected chi connectivity index (χ2v) is 6.82. The minimum Gasteiger partial charge on any atom is -0.451 e. The number of thioether (sulfide) groups is 1. The van der Waals surface area contributed by atoms with Crippen LogP contribution in [-0.2, 0) is 14.3 Å². The van der Waals surface area contributed by atoms with Crippen LogP contribution in [0.1, 0.15) is 13.3 Å². The Hall–Kier alpha value is -1.74. The van der Waals surface area contributed by atoms with E-state index in [2.05, 4.69) is 26.6 Å². The van der Waals surface area contributed by atoms with E-state index < -0.39 is 30.1 Å². The molecule has 7 nitrogen and oxygen atoms in total. The molecule has 0 aromatic heterocycles. The number of primary amides is 1. The molecule has 0 heterocycles. The molecule has 0 radical (unpaired) electrons. The summed E-state index contributed by atoms with van der Waals surface area (Å²) >= 11 is 4.82. The first-order chi connectivity index (χ1) is 11.3. The second kappa shape index (κ2) is 10.2. The van der Waals surface area contributed by atoms with Crippen molar-refractivity contribution in [2.75, 3.05) is 17.3 Å². The van der Waals surface area contributed by atoms with Gasteiger partial charge < -0.3 is 21.1 Å². The Bertz CT molecular complexity index is 583. The Balaban J connectivity index is 2.60. The molecule has 0 fully saturated rings. The van der Waals surface area contributed by atoms with E-state index >= 15 is 0 Å². The maximum Gasteiger partial charge on any atom is 0.329 e. The molecule has 0 bridgehead atoms. The predicted octanol–water partition coefficient (Wildman–Crippen LogP) is 2.11. The van der Waals surface area contributed by atoms with E-state index in [0.717, 1.165) is 4.47 Å². The van der Waals surface area contributed by atoms with Crippen molar-refractivity contribution in [2.45, 2.75) is 25.5 Å². The minimum atomic E-state index is -1.01. The average molecular weight is 418 g/mol. The number of anilines is 1. The number of hydrogen-bond acceptors (Lipinski definition) is 5. The number of hydrogen-bond donors (Lipinski definition) is 3. The molecule has 24 heavy (non-hydrogen) atoms. The SMILES string of the molecule is CSCC[C@@H](NC(N)=O)C(=O)O[C@H](C)C(=O)Nc1ccc(Br)cc1. The Morgan fingerprint density at radius 1 is 1.29 bits per heavy atom. The molecular weight excluding hydrogens is 398 g/mol. The van der Waals surface area contributed by atoms with Crippen LogP contribution in [-0.4, -0.2) is 42.1 Å². The monoisotopic (exact) mass is 417 g/mol. The molecule has 1 aromatic carbocycles. The highest BCUT2D eigenvalue weighted by atomic mass is 79.9. The van der Waals surface area contributed by atoms with Crippen molar-refractivity contribution in [1.29, 1.82) is 0 Å². The molecule has 0 aliphatic carbocycles. The number of ether oxygens (including phenoxy) is 1. The molecule has 0 saturated heterocycles. The Labute approximate surface area is 153 Å². The maximum atomic E-state index is 12.1. The Morgan fingerprint density at radius 2 is 1.92 bits per heavy atom. The number of carbonyl (C=O) groups is 3. The topological polar surface area (TPSA) is 111 Å². The molecule has 2 atom stereocenters. The molecule has 0 unspecified atom stereocenters. The number of urea groups is 1. The van der Waals surface area contributed by atoms with Crippen molar-refractivity contribution in [3.63, 3.8) is 0 Å². The summed E-state index contributed by atoms with van der Waals surface area (Å²) in [5.74, 6) is -0.519. The lowest BCUT2D eigenvalue weighted by atomic mass is 10.2. The lowest BCUT2D eigenvalue weighted by molar-refractivity contribution is -0.155. The summed E-state index contributed by atoms with van der Waals surface area (Å²) in [5.41, 5.74) is 5.64. The van der Waals surface area contributed by atoms with E-state index in [0.29, 0.717) is 17.9 Å². The van der Waals surface area contributed by atoms with Gasteiger partial charge in [-0.25, -0.2) is 9.59 Å². The lowest BCUT2D eigenvalue weighted by Crippen LogP contribution is -2.46. The summed E-state index contributed by atoms with van der Waals surface area (Å²) in [5, 5.41) is 4.97. The van der Waals surface area contributed by atoms with Crippen LogP contribution in [0.25, 0.3) is 0 Å². The van der Waals surface area contributed by atoms with E-state index in [1.54, 1.807) is 24.3 Å². The van der Waals surface area contributed by atoms with Gasteiger partial charge in [-0.1, -0.05) is 15.9 Å². The van der Waals surface area contributed by atoms with Gasteiger partial charge in [0.1, 0.15) is 6.04 Å². The number of rotatable bonds is 8. The maximum absolute atomic E-state index is 12.1. The molecule has 3 amide bonds. The van der Waals surface area contributed by atoms with Crippen LogP contribution in [0.15, 0.2) is 28.7 Å². The summed E-state index contributed by atoms with van der Waals surface area (Å²) in [4.78, 5) is 35.2. The van der Waals surface area contributed by atoms with Crippen molar-refractivity contribution in [2.24, 2.45) is 5.73 Å². The number of carbonyl (C=O) groups excluding carboxylic acids is 3. The fourth-order valence-electron chi connectivity index (χ4n) is 1.74. The highest BCUT2D eigenvalue weighted by Gasteiger charge is 2.25. The van der Waals surface area contributed by atoms with E-state index in [-0.39, 0.29) is 0 Å². The fourth-order valence-corrected chi connectivity index (χ4v) is 2.48. The van der Waals surface area contributed by atoms with E-state index in [1.165, 1.54) is 18.7 Å². The highest BCUT2D eigenvalue weighted by Crippen LogP contribution is 2.14. The number of nitrogens with two attached hydrogens (primary N) is 1. The smallest absolute Gasteiger partial charge is 0.329 e. The standard InChI is InChI=1S/C15H20BrN3O4S/c1-9(13(20)18-11-5-3-10(16)4-6-11)23-14(21)12(7-8-24-2)19-15(17)22/h3-6,9,12H,7-8H2,1-2H3,(H,18,20)(H3,17,19,22)/t9-,12-/m1/s1. The molecule has 0 aliphatic heterocycles. The summed E-state index contributed by atoms with van der Waals surface area (Å²) in [6.07, 6.45) is 1.23. The van der Waals surface area contributed by atoms with Gasteiger partial charge in [-0.05, 0) is 49.6 Å². The summed E-state index contributed by atoms with van der Waals surface area (Å²) in [6, 6.07) is 5.30. The quantitative estimate of drug-likeness (QED) is 0.560. The molecule has 4 N–H and O–H groups in total. The van der Waals surface area contributed by atoms with E-state index in [4.69, 9.17) is 10.5 Å². The van der Waals surface area contributed by atoms with Gasteiger partial charge in [0.2, 0.25) is 0 Å². The molecule has 1 rings (SSSR count). The fraction of sp³-hybridized carbons (Fsp3) is 0.400. The van der Waals surface area contributed by atoms with E-state index in [9.17, 15) is 14.4 Å². The molecular formula is C15H20BrN3O4S. The zero-order valence-corrected chi connectivity index (χ0v) is 15.8. The largest absolute Gasteiger partial charge is 0.451 e. The van der Waals surface area contributed by atoms with Crippen molar-refractivity contribution < 1.29 is 19.1 Å². The Kier molecular flexibility index (Phi) is 8.62. The number of amides is 3. The van der Waals surface area contributed by atoms with Crippen molar-refractivity contribution in [3.8, 4) is 0 Å². The number of benzene rings is 1. The minimum absolute atomic E-state index is 0.365. The first kappa shape index (κ1) is 20.3. The van der Waals surface area contributed by atoms with Crippen molar-refractivity contribution >= 4 is 51.3 Å². The first-order valence-corrected chi connectivity index (χ1v) is 9.34. The van der Waals surface area contributed by atoms with Crippen molar-refractivity contribution in [1.82, 2.24) is 5.32 Å². The van der Waals surface area contributed by atoms with Gasteiger partial charge >= 0.3 is 12.0 Å². The Morgan fingerprint density at radius 3 is 2.46 bits per heavy atom. The molecule has 0 saturated carbocycles. The number of nitrogens with one attached hydrogen (secondary N) is 2. The van der Waals surface area contributed by atoms with Crippen LogP contribution in [0.4, 0.5) is 10.5 Å². The summed E-state index contributed by atoms with van der Waals surface area (Å²) in [6.45, 7) is 1.46. The predicted molar refractivity (Wildman–Crippen MR) is 97.8 cm³/mol. The zero-order chi connectivity index (χ0) is 18.1. The summed E-state index contributed by atoms with van der Waals surface area (Å²) in [7, 11) is 0. The van der Waals surface area contributed by atoms with Gasteiger partial charge in [0.05, 0.1) is 0 Å². The highest BCUT2D eigenvalue weighted by molar-refractivity contribution is 9.10. The molecule has 0 aliphatic rings. The van der Waals surface area contributed by atoms with Crippen LogP contribution < -0.4 is 16.4 Å². The van der Waals surface area contributed by atoms with E-state index in [1.807, 2.05) is 6.26 Å². The van der Waals surface area contributed by atoms with Crippen LogP contribution in [0.2, 0.25) is 0 Å². The molecule has 1 aromatic rings. The third kappa shape index (κ3) is 7.22. The number of esters is 1. The third-order valence-electron chi connectivity index (χ3n) is 2.99. The molecule has 9 heteroatoms. The van der Waals surface area contributed by atoms with Crippen LogP contribution in [0.5, 0.6) is 0 Å². The van der Waals surface area contributed by atoms with Gasteiger partial charge in [0.25, 0.3) is 5.91 Å². The molecule has 132 valence electrons. The van der Waals surface area contributed by atoms with Gasteiger partial charge in [-0.3, -0.25) is 4.79 Å². The average Bonchev–Trinajstić information content (AvgIpc) is 2.53. The lowest BCUT2D eigenvalue weighted by Gasteiger charge is -2.19. The molecule has 0 spiro atoms. The van der Waals surface area contributed by atoms with Crippen LogP contribution in [0, 0.1) is 0 Å². The first-order valence-electron chi connectivity index (χ1n) is 7.15. The van der Waals surface area contributed by atoms with Gasteiger partial charge in [0.15, 0.2) is 6.10 Å². The third-order valence-corrected chi connectivity index (χ3v) is 4.16. The second-order valence-electron chi connectivity index (χ2n) is 4.92. The summed E-state index contributed by atoms with van der Waals surface area (Å²) < 4.78 is 6.01. The van der Waals surface area contributed by atoms with Crippen LogP contribution >= 0.6 is 27.7 Å². The number of halogens is 1. The van der Waals surface area contributed by atoms with Crippen molar-refractivity contribution in [3.05, 3.63) is 28.7 Å². The zero-order valence-electron chi connectivity index (χ0n) is 13.4. The van der Waals surface area contributed by atoms with Gasteiger partial charge in [0, 0.05) is 10.2 Å².